The Morgan fingerprint density at radius 2 is 1.83 bits per heavy atom. The molecule has 30 heavy (non-hydrogen) atoms. The van der Waals surface area contributed by atoms with E-state index in [-0.39, 0.29) is 37.0 Å². The molecular formula is C20H35FN4O5. The number of alkyl carbamates (subject to hydrolysis) is 1. The zero-order chi connectivity index (χ0) is 23.4. The highest BCUT2D eigenvalue weighted by atomic mass is 19.1. The van der Waals surface area contributed by atoms with Gasteiger partial charge in [-0.1, -0.05) is 26.8 Å². The van der Waals surface area contributed by atoms with E-state index in [1.165, 1.54) is 0 Å². The molecule has 0 aliphatic heterocycles. The van der Waals surface area contributed by atoms with Crippen LogP contribution in [0.2, 0.25) is 0 Å². The van der Waals surface area contributed by atoms with Gasteiger partial charge in [0.25, 0.3) is 0 Å². The molecule has 2 amide bonds. The van der Waals surface area contributed by atoms with E-state index in [9.17, 15) is 14.0 Å². The number of guanidine groups is 1. The molecule has 0 spiro atoms. The Morgan fingerprint density at radius 1 is 1.20 bits per heavy atom. The zero-order valence-corrected chi connectivity index (χ0v) is 18.9. The van der Waals surface area contributed by atoms with Gasteiger partial charge in [0.05, 0.1) is 12.9 Å². The predicted octanol–water partition coefficient (Wildman–Crippen LogP) is 2.95. The van der Waals surface area contributed by atoms with Crippen molar-refractivity contribution in [2.24, 2.45) is 10.6 Å². The summed E-state index contributed by atoms with van der Waals surface area (Å²) in [6.45, 7) is 13.8. The number of amides is 2. The Bertz CT molecular complexity index is 636. The number of halogens is 1. The summed E-state index contributed by atoms with van der Waals surface area (Å²) in [5.74, 6) is -0.156. The summed E-state index contributed by atoms with van der Waals surface area (Å²) in [5, 5.41) is 11.6. The van der Waals surface area contributed by atoms with E-state index in [1.54, 1.807) is 54.7 Å². The second kappa shape index (κ2) is 12.8. The lowest BCUT2D eigenvalue weighted by Gasteiger charge is -2.20. The normalized spacial score (nSPS) is 13.9. The van der Waals surface area contributed by atoms with Crippen LogP contribution in [0.3, 0.4) is 0 Å². The molecule has 0 aliphatic rings. The molecule has 9 nitrogen and oxygen atoms in total. The topological polar surface area (TPSA) is 110 Å². The molecule has 1 unspecified atom stereocenters. The summed E-state index contributed by atoms with van der Waals surface area (Å²) in [6, 6.07) is 0. The smallest absolute Gasteiger partial charge is 0.407 e. The summed E-state index contributed by atoms with van der Waals surface area (Å²) in [6.07, 6.45) is 0.596. The Morgan fingerprint density at radius 3 is 2.30 bits per heavy atom. The van der Waals surface area contributed by atoms with Crippen LogP contribution in [0.4, 0.5) is 9.18 Å². The van der Waals surface area contributed by atoms with Crippen molar-refractivity contribution in [3.05, 3.63) is 24.6 Å². The lowest BCUT2D eigenvalue weighted by atomic mass is 9.96. The van der Waals surface area contributed by atoms with Crippen molar-refractivity contribution in [3.8, 4) is 0 Å². The molecule has 0 rings (SSSR count). The lowest BCUT2D eigenvalue weighted by Crippen LogP contribution is -2.44. The van der Waals surface area contributed by atoms with Gasteiger partial charge in [0.1, 0.15) is 5.60 Å². The molecule has 0 aromatic rings. The van der Waals surface area contributed by atoms with Gasteiger partial charge in [0, 0.05) is 31.0 Å². The second-order valence-electron chi connectivity index (χ2n) is 8.39. The van der Waals surface area contributed by atoms with Gasteiger partial charge in [-0.3, -0.25) is 10.1 Å². The number of ether oxygens (including phenoxy) is 2. The van der Waals surface area contributed by atoms with E-state index in [0.717, 1.165) is 0 Å². The highest BCUT2D eigenvalue weighted by Gasteiger charge is 2.22. The quantitative estimate of drug-likeness (QED) is 0.171. The molecule has 10 heteroatoms. The van der Waals surface area contributed by atoms with Crippen LogP contribution < -0.4 is 16.0 Å². The number of carbonyl (C=O) groups excluding carboxylic acids is 2. The van der Waals surface area contributed by atoms with Crippen LogP contribution in [0.25, 0.3) is 0 Å². The summed E-state index contributed by atoms with van der Waals surface area (Å²) in [5.41, 5.74) is -1.11. The minimum absolute atomic E-state index is 0.0976. The van der Waals surface area contributed by atoms with Crippen molar-refractivity contribution >= 4 is 18.0 Å². The number of oxime groups is 1. The molecule has 0 aliphatic carbocycles. The highest BCUT2D eigenvalue weighted by molar-refractivity contribution is 5.98. The van der Waals surface area contributed by atoms with E-state index < -0.39 is 23.4 Å². The molecule has 3 N–H and O–H groups in total. The molecule has 0 aromatic heterocycles. The van der Waals surface area contributed by atoms with Crippen LogP contribution in [0.1, 0.15) is 48.0 Å². The summed E-state index contributed by atoms with van der Waals surface area (Å²) in [7, 11) is 1.57. The van der Waals surface area contributed by atoms with Crippen molar-refractivity contribution < 1.29 is 28.3 Å². The van der Waals surface area contributed by atoms with Gasteiger partial charge in [-0.05, 0) is 25.9 Å². The Labute approximate surface area is 178 Å². The second-order valence-corrected chi connectivity index (χ2v) is 8.39. The van der Waals surface area contributed by atoms with Crippen LogP contribution in [0.15, 0.2) is 29.7 Å². The minimum Gasteiger partial charge on any atom is -0.444 e. The van der Waals surface area contributed by atoms with Gasteiger partial charge in [-0.15, -0.1) is 6.58 Å². The third-order valence-electron chi connectivity index (χ3n) is 3.24. The Hall–Kier alpha value is -2.62. The third-order valence-corrected chi connectivity index (χ3v) is 3.24. The number of hydrogen-bond donors (Lipinski definition) is 3. The van der Waals surface area contributed by atoms with Gasteiger partial charge in [-0.2, -0.15) is 0 Å². The predicted molar refractivity (Wildman–Crippen MR) is 113 cm³/mol. The van der Waals surface area contributed by atoms with Crippen LogP contribution in [-0.4, -0.2) is 50.1 Å². The lowest BCUT2D eigenvalue weighted by molar-refractivity contribution is -0.135. The molecule has 0 fully saturated rings. The number of hydrogen-bond acceptors (Lipinski definition) is 6. The molecule has 0 radical (unpaired) electrons. The van der Waals surface area contributed by atoms with Crippen molar-refractivity contribution in [2.75, 3.05) is 20.2 Å². The minimum atomic E-state index is -0.881. The Kier molecular flexibility index (Phi) is 11.7. The fraction of sp³-hybridized carbons (Fsp3) is 0.650. The molecule has 0 saturated carbocycles. The van der Waals surface area contributed by atoms with Crippen molar-refractivity contribution in [3.63, 3.8) is 0 Å². The molecule has 0 aromatic carbocycles. The summed E-state index contributed by atoms with van der Waals surface area (Å²) < 4.78 is 23.7. The van der Waals surface area contributed by atoms with Crippen molar-refractivity contribution in [1.82, 2.24) is 16.0 Å². The number of rotatable bonds is 9. The number of nitrogens with one attached hydrogen (secondary N) is 3. The summed E-state index contributed by atoms with van der Waals surface area (Å²) in [4.78, 5) is 29.0. The maximum Gasteiger partial charge on any atom is 0.407 e. The molecule has 0 heterocycles. The van der Waals surface area contributed by atoms with Crippen LogP contribution >= 0.6 is 0 Å². The maximum atomic E-state index is 13.1. The summed E-state index contributed by atoms with van der Waals surface area (Å²) >= 11 is 0. The standard InChI is InChI=1S/C20H35FN4O5/c1-9-10-15(30-25-17(22-8)24-16(26)19(2,3)4)28-13-14(11-21)12-23-18(27)29-20(5,6)7/h9,11,15H,1,10,12-13H2,2-8H3,(H,23,27)(H2,22,24,25,26)/b14-11+. The first kappa shape index (κ1) is 27.4. The van der Waals surface area contributed by atoms with Gasteiger partial charge in [0.2, 0.25) is 18.2 Å². The fourth-order valence-electron chi connectivity index (χ4n) is 1.64. The average molecular weight is 431 g/mol. The van der Waals surface area contributed by atoms with E-state index in [0.29, 0.717) is 6.33 Å². The largest absolute Gasteiger partial charge is 0.444 e. The van der Waals surface area contributed by atoms with Gasteiger partial charge < -0.3 is 24.9 Å². The monoisotopic (exact) mass is 430 g/mol. The van der Waals surface area contributed by atoms with Crippen molar-refractivity contribution in [1.29, 1.82) is 0 Å². The van der Waals surface area contributed by atoms with E-state index >= 15 is 0 Å². The number of carbonyl (C=O) groups is 2. The van der Waals surface area contributed by atoms with Gasteiger partial charge >= 0.3 is 6.09 Å². The van der Waals surface area contributed by atoms with E-state index in [4.69, 9.17) is 14.3 Å². The first-order chi connectivity index (χ1) is 13.8. The SMILES string of the molecule is C=CCC(OC/C(=C/F)CNC(=O)OC(C)(C)C)O/N=C(\NC)NC(=O)C(C)(C)C. The average Bonchev–Trinajstić information content (AvgIpc) is 2.62. The first-order valence-corrected chi connectivity index (χ1v) is 9.53. The van der Waals surface area contributed by atoms with Gasteiger partial charge in [0.15, 0.2) is 0 Å². The van der Waals surface area contributed by atoms with Crippen LogP contribution in [0, 0.1) is 5.41 Å². The molecule has 172 valence electrons. The van der Waals surface area contributed by atoms with Crippen LogP contribution in [0.5, 0.6) is 0 Å². The van der Waals surface area contributed by atoms with E-state index in [2.05, 4.69) is 27.7 Å². The zero-order valence-electron chi connectivity index (χ0n) is 18.9. The molecule has 1 atom stereocenters. The fourth-order valence-corrected chi connectivity index (χ4v) is 1.64. The van der Waals surface area contributed by atoms with Crippen molar-refractivity contribution in [2.45, 2.75) is 59.9 Å². The highest BCUT2D eigenvalue weighted by Crippen LogP contribution is 2.12. The number of nitrogens with zero attached hydrogens (tertiary/aromatic N) is 1. The third kappa shape index (κ3) is 12.8. The van der Waals surface area contributed by atoms with E-state index in [1.807, 2.05) is 0 Å². The first-order valence-electron chi connectivity index (χ1n) is 9.53. The molecule has 0 saturated heterocycles. The Balaban J connectivity index is 4.77. The van der Waals surface area contributed by atoms with Gasteiger partial charge in [-0.25, -0.2) is 9.18 Å². The molecule has 0 bridgehead atoms. The van der Waals surface area contributed by atoms with Crippen LogP contribution in [-0.2, 0) is 19.1 Å². The maximum absolute atomic E-state index is 13.1. The molecular weight excluding hydrogens is 395 g/mol.